The molecule has 2 aromatic heterocycles. The molecule has 0 radical (unpaired) electrons. The van der Waals surface area contributed by atoms with Crippen LogP contribution < -0.4 is 10.1 Å². The highest BCUT2D eigenvalue weighted by Crippen LogP contribution is 2.34. The molecule has 1 unspecified atom stereocenters. The Hall–Kier alpha value is -1.62. The summed E-state index contributed by atoms with van der Waals surface area (Å²) in [6.45, 7) is 2.98. The number of nitrogens with one attached hydrogen (secondary N) is 1. The first-order chi connectivity index (χ1) is 13.7. The Morgan fingerprint density at radius 3 is 2.57 bits per heavy atom. The molecule has 0 amide bonds. The van der Waals surface area contributed by atoms with Crippen molar-refractivity contribution in [1.82, 2.24) is 20.3 Å². The number of rotatable bonds is 6. The van der Waals surface area contributed by atoms with Crippen molar-refractivity contribution in [3.8, 4) is 5.88 Å². The molecule has 0 spiro atoms. The van der Waals surface area contributed by atoms with E-state index in [-0.39, 0.29) is 30.8 Å². The predicted molar refractivity (Wildman–Crippen MR) is 110 cm³/mol. The van der Waals surface area contributed by atoms with Gasteiger partial charge in [0.1, 0.15) is 17.9 Å². The van der Waals surface area contributed by atoms with Gasteiger partial charge in [-0.05, 0) is 45.2 Å². The first kappa shape index (κ1) is 24.6. The molecule has 1 saturated heterocycles. The monoisotopic (exact) mass is 464 g/mol. The summed E-state index contributed by atoms with van der Waals surface area (Å²) >= 11 is 1.41. The molecule has 3 rings (SSSR count). The molecule has 11 heteroatoms. The number of hydrogen-bond donors (Lipinski definition) is 2. The third-order valence-corrected chi connectivity index (χ3v) is 5.36. The van der Waals surface area contributed by atoms with E-state index in [9.17, 15) is 18.3 Å². The standard InChI is InChI=1S/C19H23F3N4O2S.ClH/c1-18(27,11-28-15-5-3-4-14(25-15)19(20,21)22)13-10-24-17(29-2)26-16(13)12-6-8-23-9-7-12;/h3-5,10,12,23,27H,6-9,11H2,1-2H3;1H. The maximum absolute atomic E-state index is 12.8. The molecule has 0 saturated carbocycles. The maximum atomic E-state index is 12.8. The second-order valence-corrected chi connectivity index (χ2v) is 7.87. The molecular weight excluding hydrogens is 441 g/mol. The second-order valence-electron chi connectivity index (χ2n) is 7.10. The predicted octanol–water partition coefficient (Wildman–Crippen LogP) is 3.79. The van der Waals surface area contributed by atoms with E-state index in [4.69, 9.17) is 4.74 Å². The van der Waals surface area contributed by atoms with Gasteiger partial charge in [-0.2, -0.15) is 13.2 Å². The van der Waals surface area contributed by atoms with Crippen LogP contribution in [0.2, 0.25) is 0 Å². The normalized spacial score (nSPS) is 17.1. The topological polar surface area (TPSA) is 80.2 Å². The van der Waals surface area contributed by atoms with E-state index in [0.717, 1.165) is 37.7 Å². The first-order valence-electron chi connectivity index (χ1n) is 9.22. The molecule has 1 aliphatic heterocycles. The average molecular weight is 465 g/mol. The van der Waals surface area contributed by atoms with Crippen LogP contribution in [0.4, 0.5) is 13.2 Å². The third kappa shape index (κ3) is 5.96. The lowest BCUT2D eigenvalue weighted by Gasteiger charge is -2.30. The van der Waals surface area contributed by atoms with Crippen LogP contribution in [0.25, 0.3) is 0 Å². The van der Waals surface area contributed by atoms with Crippen molar-refractivity contribution in [3.63, 3.8) is 0 Å². The molecule has 166 valence electrons. The van der Waals surface area contributed by atoms with E-state index in [1.807, 2.05) is 6.26 Å². The van der Waals surface area contributed by atoms with E-state index in [0.29, 0.717) is 10.7 Å². The van der Waals surface area contributed by atoms with Gasteiger partial charge in [0, 0.05) is 23.7 Å². The molecule has 1 fully saturated rings. The lowest BCUT2D eigenvalue weighted by Crippen LogP contribution is -2.34. The lowest BCUT2D eigenvalue weighted by atomic mass is 9.86. The Morgan fingerprint density at radius 1 is 1.23 bits per heavy atom. The van der Waals surface area contributed by atoms with E-state index in [2.05, 4.69) is 20.3 Å². The number of piperidine rings is 1. The zero-order chi connectivity index (χ0) is 21.1. The van der Waals surface area contributed by atoms with Crippen molar-refractivity contribution in [2.75, 3.05) is 26.0 Å². The number of alkyl halides is 3. The molecule has 3 heterocycles. The quantitative estimate of drug-likeness (QED) is 0.497. The van der Waals surface area contributed by atoms with Gasteiger partial charge in [0.15, 0.2) is 5.16 Å². The Morgan fingerprint density at radius 2 is 1.93 bits per heavy atom. The molecule has 1 atom stereocenters. The minimum atomic E-state index is -4.56. The van der Waals surface area contributed by atoms with Gasteiger partial charge >= 0.3 is 6.18 Å². The molecule has 2 N–H and O–H groups in total. The first-order valence-corrected chi connectivity index (χ1v) is 10.4. The molecule has 2 aromatic rings. The fraction of sp³-hybridized carbons (Fsp3) is 0.526. The maximum Gasteiger partial charge on any atom is 0.433 e. The lowest BCUT2D eigenvalue weighted by molar-refractivity contribution is -0.141. The molecule has 0 aliphatic carbocycles. The summed E-state index contributed by atoms with van der Waals surface area (Å²) < 4.78 is 44.0. The van der Waals surface area contributed by atoms with Crippen LogP contribution in [0.5, 0.6) is 5.88 Å². The summed E-state index contributed by atoms with van der Waals surface area (Å²) in [7, 11) is 0. The molecular formula is C19H24ClF3N4O2S. The minimum absolute atomic E-state index is 0. The van der Waals surface area contributed by atoms with Gasteiger partial charge in [0.2, 0.25) is 5.88 Å². The summed E-state index contributed by atoms with van der Waals surface area (Å²) in [6, 6.07) is 3.41. The number of nitrogens with zero attached hydrogens (tertiary/aromatic N) is 3. The Bertz CT molecular complexity index is 849. The van der Waals surface area contributed by atoms with E-state index in [1.54, 1.807) is 13.1 Å². The number of aliphatic hydroxyl groups is 1. The molecule has 1 aliphatic rings. The number of ether oxygens (including phenoxy) is 1. The molecule has 6 nitrogen and oxygen atoms in total. The van der Waals surface area contributed by atoms with Crippen LogP contribution in [-0.2, 0) is 11.8 Å². The SMILES string of the molecule is CSc1ncc(C(C)(O)COc2cccc(C(F)(F)F)n2)c(C2CCNCC2)n1.Cl. The second kappa shape index (κ2) is 10.1. The molecule has 0 bridgehead atoms. The number of aromatic nitrogens is 3. The molecule has 0 aromatic carbocycles. The van der Waals surface area contributed by atoms with Crippen molar-refractivity contribution in [1.29, 1.82) is 0 Å². The highest BCUT2D eigenvalue weighted by atomic mass is 35.5. The number of thioether (sulfide) groups is 1. The number of hydrogen-bond acceptors (Lipinski definition) is 7. The Kier molecular flexibility index (Phi) is 8.32. The van der Waals surface area contributed by atoms with Crippen LogP contribution in [0, 0.1) is 0 Å². The van der Waals surface area contributed by atoms with E-state index < -0.39 is 17.5 Å². The third-order valence-electron chi connectivity index (χ3n) is 4.80. The van der Waals surface area contributed by atoms with Crippen molar-refractivity contribution < 1.29 is 23.0 Å². The van der Waals surface area contributed by atoms with Gasteiger partial charge in [-0.3, -0.25) is 0 Å². The zero-order valence-electron chi connectivity index (χ0n) is 16.6. The largest absolute Gasteiger partial charge is 0.474 e. The summed E-state index contributed by atoms with van der Waals surface area (Å²) in [5.41, 5.74) is -1.25. The van der Waals surface area contributed by atoms with Crippen LogP contribution in [0.3, 0.4) is 0 Å². The number of pyridine rings is 1. The van der Waals surface area contributed by atoms with Gasteiger partial charge in [0.25, 0.3) is 0 Å². The van der Waals surface area contributed by atoms with Gasteiger partial charge in [-0.1, -0.05) is 17.8 Å². The van der Waals surface area contributed by atoms with Crippen molar-refractivity contribution in [3.05, 3.63) is 41.3 Å². The summed E-state index contributed by atoms with van der Waals surface area (Å²) in [4.78, 5) is 12.4. The van der Waals surface area contributed by atoms with Gasteiger partial charge in [-0.15, -0.1) is 12.4 Å². The Labute approximate surface area is 183 Å². The van der Waals surface area contributed by atoms with Gasteiger partial charge in [0.05, 0.1) is 5.69 Å². The van der Waals surface area contributed by atoms with Crippen LogP contribution in [0.1, 0.15) is 42.6 Å². The fourth-order valence-corrected chi connectivity index (χ4v) is 3.59. The van der Waals surface area contributed by atoms with Crippen LogP contribution in [0.15, 0.2) is 29.6 Å². The molecule has 30 heavy (non-hydrogen) atoms. The van der Waals surface area contributed by atoms with Crippen LogP contribution >= 0.6 is 24.2 Å². The summed E-state index contributed by atoms with van der Waals surface area (Å²) in [6.07, 6.45) is 0.653. The Balaban J connectivity index is 0.00000320. The van der Waals surface area contributed by atoms with Gasteiger partial charge < -0.3 is 15.2 Å². The van der Waals surface area contributed by atoms with Crippen molar-refractivity contribution in [2.45, 2.75) is 42.6 Å². The number of halogens is 4. The van der Waals surface area contributed by atoms with Crippen molar-refractivity contribution >= 4 is 24.2 Å². The highest BCUT2D eigenvalue weighted by Gasteiger charge is 2.34. The smallest absolute Gasteiger partial charge is 0.433 e. The fourth-order valence-electron chi connectivity index (χ4n) is 3.24. The summed E-state index contributed by atoms with van der Waals surface area (Å²) in [5.74, 6) is -0.0384. The van der Waals surface area contributed by atoms with E-state index in [1.165, 1.54) is 23.9 Å². The van der Waals surface area contributed by atoms with Crippen LogP contribution in [-0.4, -0.2) is 46.0 Å². The minimum Gasteiger partial charge on any atom is -0.474 e. The average Bonchev–Trinajstić information content (AvgIpc) is 2.72. The van der Waals surface area contributed by atoms with Crippen molar-refractivity contribution in [2.24, 2.45) is 0 Å². The van der Waals surface area contributed by atoms with E-state index >= 15 is 0 Å². The zero-order valence-corrected chi connectivity index (χ0v) is 18.2. The van der Waals surface area contributed by atoms with Gasteiger partial charge in [-0.25, -0.2) is 15.0 Å². The highest BCUT2D eigenvalue weighted by molar-refractivity contribution is 7.98. The summed E-state index contributed by atoms with van der Waals surface area (Å²) in [5, 5.41) is 15.0.